The Hall–Kier alpha value is -4.02. The number of hydrogen-bond donors (Lipinski definition) is 3. The maximum absolute atomic E-state index is 12.7. The minimum atomic E-state index is -0.777. The highest BCUT2D eigenvalue weighted by atomic mass is 79.9. The van der Waals surface area contributed by atoms with Crippen LogP contribution in [-0.4, -0.2) is 26.8 Å². The Balaban J connectivity index is 1.67. The second-order valence-corrected chi connectivity index (χ2v) is 8.70. The summed E-state index contributed by atoms with van der Waals surface area (Å²) in [4.78, 5) is 47.4. The molecule has 0 saturated heterocycles. The number of pyridine rings is 1. The van der Waals surface area contributed by atoms with Crippen LogP contribution in [0, 0.1) is 0 Å². The van der Waals surface area contributed by atoms with Crippen LogP contribution in [0.15, 0.2) is 62.3 Å². The van der Waals surface area contributed by atoms with Crippen LogP contribution < -0.4 is 17.0 Å². The van der Waals surface area contributed by atoms with Crippen molar-refractivity contribution < 1.29 is 14.0 Å². The lowest BCUT2D eigenvalue weighted by molar-refractivity contribution is 0.0985. The number of nitrogens with two attached hydrogens (primary N) is 2. The Morgan fingerprint density at radius 2 is 1.82 bits per heavy atom. The number of carbonyl (C=O) groups is 2. The third-order valence-corrected chi connectivity index (χ3v) is 6.03. The molecule has 0 radical (unpaired) electrons. The SMILES string of the molecule is NC(=O)c1cnc(C(N)=O)c(-c2ccc(-c3nc4c(oc5ccc(Br)cc54)c(=O)[nH]3)c(Cl)c2)c1. The van der Waals surface area contributed by atoms with Crippen molar-refractivity contribution in [3.63, 3.8) is 0 Å². The van der Waals surface area contributed by atoms with Crippen LogP contribution in [0.2, 0.25) is 5.02 Å². The van der Waals surface area contributed by atoms with Crippen LogP contribution in [0.1, 0.15) is 20.8 Å². The first-order chi connectivity index (χ1) is 16.2. The first-order valence-corrected chi connectivity index (χ1v) is 10.9. The summed E-state index contributed by atoms with van der Waals surface area (Å²) in [6.45, 7) is 0. The molecule has 2 amide bonds. The van der Waals surface area contributed by atoms with Crippen molar-refractivity contribution in [1.29, 1.82) is 0 Å². The summed E-state index contributed by atoms with van der Waals surface area (Å²) in [5.74, 6) is -1.25. The van der Waals surface area contributed by atoms with Gasteiger partial charge in [0, 0.05) is 27.2 Å². The summed E-state index contributed by atoms with van der Waals surface area (Å²) < 4.78 is 6.46. The van der Waals surface area contributed by atoms with Crippen molar-refractivity contribution in [3.8, 4) is 22.5 Å². The number of aromatic nitrogens is 3. The van der Waals surface area contributed by atoms with Crippen molar-refractivity contribution in [2.45, 2.75) is 0 Å². The van der Waals surface area contributed by atoms with Gasteiger partial charge in [-0.2, -0.15) is 0 Å². The topological polar surface area (TPSA) is 158 Å². The largest absolute Gasteiger partial charge is 0.449 e. The number of aromatic amines is 1. The molecule has 34 heavy (non-hydrogen) atoms. The summed E-state index contributed by atoms with van der Waals surface area (Å²) in [5, 5.41) is 0.902. The summed E-state index contributed by atoms with van der Waals surface area (Å²) in [6, 6.07) is 11.6. The van der Waals surface area contributed by atoms with Gasteiger partial charge >= 0.3 is 0 Å². The van der Waals surface area contributed by atoms with Crippen molar-refractivity contribution in [3.05, 3.63) is 79.8 Å². The molecule has 168 valence electrons. The molecule has 2 aromatic carbocycles. The molecule has 0 aliphatic heterocycles. The molecule has 0 aliphatic carbocycles. The Bertz CT molecular complexity index is 1730. The van der Waals surface area contributed by atoms with Crippen LogP contribution >= 0.6 is 27.5 Å². The number of hydrogen-bond acceptors (Lipinski definition) is 6. The van der Waals surface area contributed by atoms with E-state index in [4.69, 9.17) is 27.5 Å². The maximum atomic E-state index is 12.7. The van der Waals surface area contributed by atoms with Gasteiger partial charge in [-0.05, 0) is 42.0 Å². The van der Waals surface area contributed by atoms with Gasteiger partial charge in [0.05, 0.1) is 10.6 Å². The molecule has 0 spiro atoms. The molecule has 9 nitrogen and oxygen atoms in total. The van der Waals surface area contributed by atoms with Crippen molar-refractivity contribution in [2.75, 3.05) is 0 Å². The Morgan fingerprint density at radius 3 is 2.53 bits per heavy atom. The average Bonchev–Trinajstić information content (AvgIpc) is 3.17. The van der Waals surface area contributed by atoms with Gasteiger partial charge in [0.15, 0.2) is 0 Å². The Kier molecular flexibility index (Phi) is 5.18. The third-order valence-electron chi connectivity index (χ3n) is 5.23. The third kappa shape index (κ3) is 3.62. The smallest absolute Gasteiger partial charge is 0.294 e. The lowest BCUT2D eigenvalue weighted by Gasteiger charge is -2.10. The van der Waals surface area contributed by atoms with Gasteiger partial charge in [-0.15, -0.1) is 0 Å². The molecular weight excluding hydrogens is 526 g/mol. The maximum Gasteiger partial charge on any atom is 0.294 e. The number of carbonyl (C=O) groups excluding carboxylic acids is 2. The first kappa shape index (κ1) is 21.8. The van der Waals surface area contributed by atoms with E-state index >= 15 is 0 Å². The average molecular weight is 539 g/mol. The summed E-state index contributed by atoms with van der Waals surface area (Å²) >= 11 is 9.96. The molecule has 3 heterocycles. The quantitative estimate of drug-likeness (QED) is 0.314. The number of rotatable bonds is 4. The lowest BCUT2D eigenvalue weighted by Crippen LogP contribution is -2.17. The highest BCUT2D eigenvalue weighted by molar-refractivity contribution is 9.10. The predicted molar refractivity (Wildman–Crippen MR) is 131 cm³/mol. The molecule has 3 aromatic heterocycles. The number of nitrogens with one attached hydrogen (secondary N) is 1. The minimum absolute atomic E-state index is 0.0442. The van der Waals surface area contributed by atoms with Gasteiger partial charge < -0.3 is 20.9 Å². The zero-order chi connectivity index (χ0) is 24.1. The zero-order valence-electron chi connectivity index (χ0n) is 17.1. The Labute approximate surface area is 203 Å². The molecule has 0 fully saturated rings. The molecule has 5 N–H and O–H groups in total. The number of fused-ring (bicyclic) bond motifs is 3. The lowest BCUT2D eigenvalue weighted by atomic mass is 10.00. The second-order valence-electron chi connectivity index (χ2n) is 7.38. The Morgan fingerprint density at radius 1 is 1.03 bits per heavy atom. The van der Waals surface area contributed by atoms with Crippen LogP contribution in [0.4, 0.5) is 0 Å². The standard InChI is InChI=1S/C23H13BrClN5O4/c24-11-2-4-16-14(7-11)17-19(34-16)23(33)30-22(29-17)12-3-1-9(6-15(12)25)13-5-10(20(26)31)8-28-18(13)21(27)32/h1-8H,(H2,26,31)(H2,27,32)(H,29,30,33). The fourth-order valence-electron chi connectivity index (χ4n) is 3.64. The molecule has 5 rings (SSSR count). The summed E-state index contributed by atoms with van der Waals surface area (Å²) in [5.41, 5.74) is 12.6. The fourth-order valence-corrected chi connectivity index (χ4v) is 4.28. The van der Waals surface area contributed by atoms with E-state index in [-0.39, 0.29) is 27.7 Å². The van der Waals surface area contributed by atoms with E-state index in [0.29, 0.717) is 33.2 Å². The van der Waals surface area contributed by atoms with E-state index < -0.39 is 17.4 Å². The first-order valence-electron chi connectivity index (χ1n) is 9.75. The monoisotopic (exact) mass is 537 g/mol. The molecule has 5 aromatic rings. The van der Waals surface area contributed by atoms with E-state index in [1.54, 1.807) is 30.3 Å². The van der Waals surface area contributed by atoms with Crippen LogP contribution in [0.3, 0.4) is 0 Å². The molecule has 11 heteroatoms. The highest BCUT2D eigenvalue weighted by Crippen LogP contribution is 2.34. The number of nitrogens with zero attached hydrogens (tertiary/aromatic N) is 2. The molecule has 0 saturated carbocycles. The number of furan rings is 1. The van der Waals surface area contributed by atoms with Crippen molar-refractivity contribution in [1.82, 2.24) is 15.0 Å². The van der Waals surface area contributed by atoms with Gasteiger partial charge in [-0.25, -0.2) is 9.97 Å². The fraction of sp³-hybridized carbons (Fsp3) is 0. The van der Waals surface area contributed by atoms with Gasteiger partial charge in [-0.3, -0.25) is 14.4 Å². The molecule has 0 bridgehead atoms. The van der Waals surface area contributed by atoms with Crippen molar-refractivity contribution in [2.24, 2.45) is 11.5 Å². The van der Waals surface area contributed by atoms with E-state index in [2.05, 4.69) is 30.9 Å². The highest BCUT2D eigenvalue weighted by Gasteiger charge is 2.19. The zero-order valence-corrected chi connectivity index (χ0v) is 19.4. The summed E-state index contributed by atoms with van der Waals surface area (Å²) in [6.07, 6.45) is 1.18. The number of primary amides is 2. The number of amides is 2. The van der Waals surface area contributed by atoms with E-state index in [1.165, 1.54) is 12.3 Å². The normalized spacial score (nSPS) is 11.2. The summed E-state index contributed by atoms with van der Waals surface area (Å²) in [7, 11) is 0. The minimum Gasteiger partial charge on any atom is -0.449 e. The molecular formula is C23H13BrClN5O4. The number of benzene rings is 2. The van der Waals surface area contributed by atoms with Gasteiger partial charge in [0.1, 0.15) is 22.6 Å². The van der Waals surface area contributed by atoms with E-state index in [9.17, 15) is 14.4 Å². The van der Waals surface area contributed by atoms with Gasteiger partial charge in [0.25, 0.3) is 11.5 Å². The molecule has 0 atom stereocenters. The predicted octanol–water partition coefficient (Wildman–Crippen LogP) is 4.01. The molecule has 0 unspecified atom stereocenters. The van der Waals surface area contributed by atoms with E-state index in [0.717, 1.165) is 4.47 Å². The second kappa shape index (κ2) is 8.08. The molecule has 0 aliphatic rings. The van der Waals surface area contributed by atoms with Gasteiger partial charge in [-0.1, -0.05) is 33.6 Å². The van der Waals surface area contributed by atoms with Gasteiger partial charge in [0.2, 0.25) is 11.5 Å². The van der Waals surface area contributed by atoms with E-state index in [1.807, 2.05) is 6.07 Å². The van der Waals surface area contributed by atoms with Crippen molar-refractivity contribution >= 4 is 61.4 Å². The van der Waals surface area contributed by atoms with Crippen LogP contribution in [0.5, 0.6) is 0 Å². The number of H-pyrrole nitrogens is 1. The van der Waals surface area contributed by atoms with Crippen LogP contribution in [0.25, 0.3) is 44.6 Å². The van der Waals surface area contributed by atoms with Crippen LogP contribution in [-0.2, 0) is 0 Å². The number of halogens is 2.